The minimum atomic E-state index is -6.11. The monoisotopic (exact) mass is 930 g/mol. The second-order valence-electron chi connectivity index (χ2n) is 16.7. The fourth-order valence-electron chi connectivity index (χ4n) is 8.43. The number of hydrogen-bond donors (Lipinski definition) is 0. The number of aryl methyl sites for hydroxylation is 2. The second-order valence-corrected chi connectivity index (χ2v) is 16.7. The summed E-state index contributed by atoms with van der Waals surface area (Å²) in [5.74, 6) is -3.64. The molecule has 2 aliphatic heterocycles. The maximum atomic E-state index is 15.1. The van der Waals surface area contributed by atoms with E-state index in [2.05, 4.69) is 0 Å². The molecule has 6 aromatic carbocycles. The Balaban J connectivity index is 1.01. The standard InChI is InChI=1S/C50H35F9N2O6/c1-26-6-20-41(39(22-26)48(51,52)53)67-34-16-9-29(10-17-34)46(3,4)28-7-14-33(15-8-28)66-40-21-13-32(23-27(40)2)61-44(64)36-19-12-31(25-38(36)45(61)65)47(49(54,55)56,50(57,58)59)30-11-18-35-37(24-30)43(63)60(5)42(35)62/h6-25H,1-5H3. The first-order valence-electron chi connectivity index (χ1n) is 20.2. The van der Waals surface area contributed by atoms with Gasteiger partial charge in [0.2, 0.25) is 5.41 Å². The number of rotatable bonds is 9. The quantitative estimate of drug-likeness (QED) is 0.106. The summed E-state index contributed by atoms with van der Waals surface area (Å²) >= 11 is 0. The summed E-state index contributed by atoms with van der Waals surface area (Å²) in [6, 6.07) is 24.8. The molecular formula is C50H35F9N2O6. The van der Waals surface area contributed by atoms with E-state index in [4.69, 9.17) is 9.47 Å². The molecule has 67 heavy (non-hydrogen) atoms. The van der Waals surface area contributed by atoms with Gasteiger partial charge in [-0.3, -0.25) is 24.1 Å². The van der Waals surface area contributed by atoms with Gasteiger partial charge in [0.1, 0.15) is 23.0 Å². The number of carbonyl (C=O) groups excluding carboxylic acids is 4. The Morgan fingerprint density at radius 2 is 0.896 bits per heavy atom. The minimum absolute atomic E-state index is 0.0467. The van der Waals surface area contributed by atoms with Crippen LogP contribution in [0.3, 0.4) is 0 Å². The highest BCUT2D eigenvalue weighted by Crippen LogP contribution is 2.57. The number of anilines is 1. The van der Waals surface area contributed by atoms with Crippen LogP contribution in [-0.4, -0.2) is 47.9 Å². The van der Waals surface area contributed by atoms with Gasteiger partial charge < -0.3 is 9.47 Å². The molecule has 0 aliphatic carbocycles. The van der Waals surface area contributed by atoms with Crippen LogP contribution in [0.15, 0.2) is 121 Å². The highest BCUT2D eigenvalue weighted by atomic mass is 19.4. The Morgan fingerprint density at radius 3 is 1.39 bits per heavy atom. The van der Waals surface area contributed by atoms with Crippen molar-refractivity contribution in [2.75, 3.05) is 11.9 Å². The van der Waals surface area contributed by atoms with Crippen molar-refractivity contribution >= 4 is 29.3 Å². The third kappa shape index (κ3) is 7.65. The summed E-state index contributed by atoms with van der Waals surface area (Å²) < 4.78 is 143. The Labute approximate surface area is 376 Å². The average Bonchev–Trinajstić information content (AvgIpc) is 3.63. The molecule has 8 nitrogen and oxygen atoms in total. The molecule has 2 aliphatic rings. The van der Waals surface area contributed by atoms with Crippen molar-refractivity contribution in [1.82, 2.24) is 4.90 Å². The van der Waals surface area contributed by atoms with Gasteiger partial charge in [-0.2, -0.15) is 39.5 Å². The maximum Gasteiger partial charge on any atom is 0.419 e. The summed E-state index contributed by atoms with van der Waals surface area (Å²) in [5.41, 5.74) is -8.89. The van der Waals surface area contributed by atoms with Gasteiger partial charge in [-0.1, -0.05) is 61.9 Å². The number of halogens is 9. The van der Waals surface area contributed by atoms with E-state index in [9.17, 15) is 32.3 Å². The Morgan fingerprint density at radius 1 is 0.463 bits per heavy atom. The zero-order valence-corrected chi connectivity index (χ0v) is 35.8. The minimum Gasteiger partial charge on any atom is -0.457 e. The highest BCUT2D eigenvalue weighted by Gasteiger charge is 2.73. The zero-order chi connectivity index (χ0) is 48.8. The molecule has 344 valence electrons. The lowest BCUT2D eigenvalue weighted by molar-refractivity contribution is -0.288. The van der Waals surface area contributed by atoms with Crippen LogP contribution in [0.1, 0.15) is 94.2 Å². The number of amides is 4. The zero-order valence-electron chi connectivity index (χ0n) is 35.8. The SMILES string of the molecule is Cc1ccc(Oc2ccc(C(C)(C)c3ccc(Oc4ccc(N5C(=O)c6ccc(C(c7ccc8c(c7)C(=O)N(C)C8=O)(C(F)(F)F)C(F)(F)F)cc6C5=O)cc4C)cc3)cc2)c(C(F)(F)F)c1. The molecule has 0 radical (unpaired) electrons. The van der Waals surface area contributed by atoms with Crippen LogP contribution in [0.5, 0.6) is 23.0 Å². The van der Waals surface area contributed by atoms with Gasteiger partial charge in [0.05, 0.1) is 33.5 Å². The molecule has 2 heterocycles. The smallest absolute Gasteiger partial charge is 0.419 e. The number of hydrogen-bond acceptors (Lipinski definition) is 6. The van der Waals surface area contributed by atoms with Crippen LogP contribution in [-0.2, 0) is 17.0 Å². The number of alkyl halides is 9. The molecule has 0 saturated carbocycles. The van der Waals surface area contributed by atoms with Gasteiger partial charge in [0.25, 0.3) is 23.6 Å². The van der Waals surface area contributed by atoms with Crippen LogP contribution in [0, 0.1) is 13.8 Å². The summed E-state index contributed by atoms with van der Waals surface area (Å²) in [5, 5.41) is 0. The third-order valence-electron chi connectivity index (χ3n) is 12.2. The van der Waals surface area contributed by atoms with Crippen molar-refractivity contribution in [1.29, 1.82) is 0 Å². The van der Waals surface area contributed by atoms with Crippen molar-refractivity contribution in [3.05, 3.63) is 183 Å². The highest BCUT2D eigenvalue weighted by molar-refractivity contribution is 6.34. The van der Waals surface area contributed by atoms with E-state index in [1.807, 2.05) is 26.0 Å². The molecule has 6 aromatic rings. The van der Waals surface area contributed by atoms with E-state index in [0.29, 0.717) is 63.1 Å². The predicted molar refractivity (Wildman–Crippen MR) is 226 cm³/mol. The molecule has 0 spiro atoms. The van der Waals surface area contributed by atoms with Gasteiger partial charge in [-0.15, -0.1) is 0 Å². The van der Waals surface area contributed by atoms with Gasteiger partial charge in [0.15, 0.2) is 0 Å². The number of ether oxygens (including phenoxy) is 2. The van der Waals surface area contributed by atoms with E-state index < -0.39 is 86.4 Å². The fourth-order valence-corrected chi connectivity index (χ4v) is 8.43. The lowest BCUT2D eigenvalue weighted by Crippen LogP contribution is -2.55. The summed E-state index contributed by atoms with van der Waals surface area (Å²) in [6.07, 6.45) is -16.8. The van der Waals surface area contributed by atoms with Crippen molar-refractivity contribution in [2.45, 2.75) is 57.1 Å². The number of nitrogens with zero attached hydrogens (tertiary/aromatic N) is 2. The average molecular weight is 931 g/mol. The molecule has 0 bridgehead atoms. The molecular weight excluding hydrogens is 896 g/mol. The predicted octanol–water partition coefficient (Wildman–Crippen LogP) is 12.7. The number of carbonyl (C=O) groups is 4. The third-order valence-corrected chi connectivity index (χ3v) is 12.2. The molecule has 0 fully saturated rings. The topological polar surface area (TPSA) is 93.2 Å². The summed E-state index contributed by atoms with van der Waals surface area (Å²) in [4.78, 5) is 53.7. The van der Waals surface area contributed by atoms with Crippen molar-refractivity contribution in [3.63, 3.8) is 0 Å². The number of imide groups is 2. The van der Waals surface area contributed by atoms with Crippen LogP contribution in [0.25, 0.3) is 0 Å². The number of fused-ring (bicyclic) bond motifs is 2. The lowest BCUT2D eigenvalue weighted by atomic mass is 9.71. The Bertz CT molecular complexity index is 3010. The van der Waals surface area contributed by atoms with E-state index in [0.717, 1.165) is 24.2 Å². The largest absolute Gasteiger partial charge is 0.457 e. The van der Waals surface area contributed by atoms with Crippen molar-refractivity contribution < 1.29 is 68.2 Å². The number of benzene rings is 6. The van der Waals surface area contributed by atoms with Crippen LogP contribution >= 0.6 is 0 Å². The molecule has 4 amide bonds. The van der Waals surface area contributed by atoms with Crippen LogP contribution < -0.4 is 14.4 Å². The van der Waals surface area contributed by atoms with E-state index in [1.165, 1.54) is 30.3 Å². The summed E-state index contributed by atoms with van der Waals surface area (Å²) in [6.45, 7) is 7.05. The van der Waals surface area contributed by atoms with Crippen molar-refractivity contribution in [3.8, 4) is 23.0 Å². The molecule has 0 unspecified atom stereocenters. The van der Waals surface area contributed by atoms with E-state index in [1.54, 1.807) is 50.2 Å². The van der Waals surface area contributed by atoms with Crippen molar-refractivity contribution in [2.24, 2.45) is 0 Å². The second kappa shape index (κ2) is 15.9. The first-order valence-corrected chi connectivity index (χ1v) is 20.2. The van der Waals surface area contributed by atoms with Crippen LogP contribution in [0.2, 0.25) is 0 Å². The van der Waals surface area contributed by atoms with Crippen LogP contribution in [0.4, 0.5) is 45.2 Å². The Kier molecular flexibility index (Phi) is 10.9. The molecule has 0 N–H and O–H groups in total. The fraction of sp³-hybridized carbons (Fsp3) is 0.200. The van der Waals surface area contributed by atoms with Gasteiger partial charge >= 0.3 is 18.5 Å². The van der Waals surface area contributed by atoms with E-state index >= 15 is 26.3 Å². The first kappa shape index (κ1) is 46.1. The van der Waals surface area contributed by atoms with Gasteiger partial charge in [-0.25, -0.2) is 4.90 Å². The Hall–Kier alpha value is -7.43. The maximum absolute atomic E-state index is 15.1. The summed E-state index contributed by atoms with van der Waals surface area (Å²) in [7, 11) is 1.03. The van der Waals surface area contributed by atoms with Gasteiger partial charge in [0, 0.05) is 12.5 Å². The van der Waals surface area contributed by atoms with E-state index in [-0.39, 0.29) is 28.5 Å². The molecule has 0 saturated heterocycles. The molecule has 17 heteroatoms. The molecule has 0 atom stereocenters. The first-order chi connectivity index (χ1) is 31.2. The lowest BCUT2D eigenvalue weighted by Gasteiger charge is -2.38. The normalized spacial score (nSPS) is 14.5. The molecule has 8 rings (SSSR count). The van der Waals surface area contributed by atoms with Gasteiger partial charge in [-0.05, 0) is 121 Å². The molecule has 0 aromatic heterocycles.